The zero-order valence-electron chi connectivity index (χ0n) is 8.43. The van der Waals surface area contributed by atoms with Crippen molar-refractivity contribution in [3.8, 4) is 0 Å². The van der Waals surface area contributed by atoms with Crippen molar-refractivity contribution in [3.63, 3.8) is 0 Å². The molecule has 1 aliphatic heterocycles. The lowest BCUT2D eigenvalue weighted by molar-refractivity contribution is -0.817. The van der Waals surface area contributed by atoms with Crippen LogP contribution < -0.4 is 0 Å². The van der Waals surface area contributed by atoms with Crippen LogP contribution in [0.15, 0.2) is 0 Å². The van der Waals surface area contributed by atoms with Gasteiger partial charge in [-0.05, 0) is 26.7 Å². The van der Waals surface area contributed by atoms with E-state index in [1.807, 2.05) is 0 Å². The standard InChI is InChI=1S/C10H22N/c1-5-6-7-9(2)11(4)8-10(11)3/h9-10H,5-8H2,1-4H3/q+1. The van der Waals surface area contributed by atoms with Crippen LogP contribution in [-0.2, 0) is 0 Å². The molecule has 0 aromatic heterocycles. The highest BCUT2D eigenvalue weighted by Crippen LogP contribution is 2.33. The van der Waals surface area contributed by atoms with Crippen molar-refractivity contribution < 1.29 is 4.48 Å². The molecule has 3 unspecified atom stereocenters. The van der Waals surface area contributed by atoms with Gasteiger partial charge in [-0.1, -0.05) is 13.3 Å². The van der Waals surface area contributed by atoms with E-state index in [-0.39, 0.29) is 0 Å². The van der Waals surface area contributed by atoms with Gasteiger partial charge in [0.2, 0.25) is 0 Å². The first-order valence-corrected chi connectivity index (χ1v) is 4.96. The van der Waals surface area contributed by atoms with Crippen LogP contribution in [-0.4, -0.2) is 30.2 Å². The average molecular weight is 156 g/mol. The molecule has 1 rings (SSSR count). The van der Waals surface area contributed by atoms with Gasteiger partial charge < -0.3 is 4.48 Å². The average Bonchev–Trinajstić information content (AvgIpc) is 2.56. The van der Waals surface area contributed by atoms with Crippen molar-refractivity contribution in [1.29, 1.82) is 0 Å². The molecule has 0 aromatic rings. The summed E-state index contributed by atoms with van der Waals surface area (Å²) >= 11 is 0. The molecule has 1 nitrogen and oxygen atoms in total. The van der Waals surface area contributed by atoms with Crippen LogP contribution in [0.5, 0.6) is 0 Å². The first-order chi connectivity index (χ1) is 5.11. The fourth-order valence-electron chi connectivity index (χ4n) is 1.93. The molecule has 1 heterocycles. The fourth-order valence-corrected chi connectivity index (χ4v) is 1.93. The van der Waals surface area contributed by atoms with Crippen LogP contribution in [0.25, 0.3) is 0 Å². The van der Waals surface area contributed by atoms with Crippen LogP contribution in [0.1, 0.15) is 40.0 Å². The van der Waals surface area contributed by atoms with Crippen molar-refractivity contribution in [2.24, 2.45) is 0 Å². The predicted molar refractivity (Wildman–Crippen MR) is 49.5 cm³/mol. The van der Waals surface area contributed by atoms with E-state index in [0.717, 1.165) is 12.1 Å². The Kier molecular flexibility index (Phi) is 2.58. The molecule has 1 saturated heterocycles. The number of likely N-dealkylation sites (N-methyl/N-ethyl adjacent to an activating group) is 1. The van der Waals surface area contributed by atoms with E-state index in [2.05, 4.69) is 27.8 Å². The molecule has 66 valence electrons. The van der Waals surface area contributed by atoms with Crippen LogP contribution in [0.2, 0.25) is 0 Å². The number of unbranched alkanes of at least 4 members (excludes halogenated alkanes) is 1. The van der Waals surface area contributed by atoms with Gasteiger partial charge in [-0.2, -0.15) is 0 Å². The maximum atomic E-state index is 2.40. The lowest BCUT2D eigenvalue weighted by Crippen LogP contribution is -2.33. The quantitative estimate of drug-likeness (QED) is 0.433. The van der Waals surface area contributed by atoms with Crippen LogP contribution >= 0.6 is 0 Å². The summed E-state index contributed by atoms with van der Waals surface area (Å²) in [4.78, 5) is 0. The molecule has 3 atom stereocenters. The minimum absolute atomic E-state index is 0.893. The monoisotopic (exact) mass is 156 g/mol. The Morgan fingerprint density at radius 2 is 2.09 bits per heavy atom. The molecule has 0 bridgehead atoms. The maximum absolute atomic E-state index is 2.40. The first kappa shape index (κ1) is 9.05. The van der Waals surface area contributed by atoms with Crippen molar-refractivity contribution in [2.75, 3.05) is 13.6 Å². The van der Waals surface area contributed by atoms with E-state index >= 15 is 0 Å². The Balaban J connectivity index is 2.25. The largest absolute Gasteiger partial charge is 0.312 e. The number of nitrogens with zero attached hydrogens (tertiary/aromatic N) is 1. The number of hydrogen-bond donors (Lipinski definition) is 0. The molecular formula is C10H22N+. The predicted octanol–water partition coefficient (Wildman–Crippen LogP) is 2.41. The summed E-state index contributed by atoms with van der Waals surface area (Å²) in [7, 11) is 2.39. The fraction of sp³-hybridized carbons (Fsp3) is 1.00. The van der Waals surface area contributed by atoms with Gasteiger partial charge in [0.1, 0.15) is 12.6 Å². The molecule has 1 fully saturated rings. The highest BCUT2D eigenvalue weighted by Gasteiger charge is 2.50. The van der Waals surface area contributed by atoms with E-state index in [1.54, 1.807) is 0 Å². The lowest BCUT2D eigenvalue weighted by Gasteiger charge is -2.22. The molecule has 0 spiro atoms. The minimum Gasteiger partial charge on any atom is -0.312 e. The number of rotatable bonds is 4. The molecule has 0 N–H and O–H groups in total. The van der Waals surface area contributed by atoms with Gasteiger partial charge in [0.25, 0.3) is 0 Å². The Morgan fingerprint density at radius 3 is 2.45 bits per heavy atom. The molecule has 11 heavy (non-hydrogen) atoms. The molecular weight excluding hydrogens is 134 g/mol. The molecule has 1 aliphatic rings. The Morgan fingerprint density at radius 1 is 1.55 bits per heavy atom. The Hall–Kier alpha value is -0.0400. The van der Waals surface area contributed by atoms with Crippen LogP contribution in [0.3, 0.4) is 0 Å². The number of hydrogen-bond acceptors (Lipinski definition) is 0. The zero-order chi connectivity index (χ0) is 8.48. The van der Waals surface area contributed by atoms with Gasteiger partial charge in [0.05, 0.1) is 13.1 Å². The van der Waals surface area contributed by atoms with Gasteiger partial charge in [-0.15, -0.1) is 0 Å². The lowest BCUT2D eigenvalue weighted by atomic mass is 10.1. The van der Waals surface area contributed by atoms with Crippen LogP contribution in [0.4, 0.5) is 0 Å². The number of quaternary nitrogens is 1. The highest BCUT2D eigenvalue weighted by molar-refractivity contribution is 4.71. The molecule has 0 aromatic carbocycles. The van der Waals surface area contributed by atoms with E-state index in [4.69, 9.17) is 0 Å². The zero-order valence-corrected chi connectivity index (χ0v) is 8.43. The van der Waals surface area contributed by atoms with Gasteiger partial charge in [0, 0.05) is 0 Å². The van der Waals surface area contributed by atoms with Gasteiger partial charge in [0.15, 0.2) is 0 Å². The first-order valence-electron chi connectivity index (χ1n) is 4.96. The highest BCUT2D eigenvalue weighted by atomic mass is 15.5. The maximum Gasteiger partial charge on any atom is 0.136 e. The Labute approximate surface area is 71.0 Å². The summed E-state index contributed by atoms with van der Waals surface area (Å²) in [6.07, 6.45) is 4.16. The van der Waals surface area contributed by atoms with Gasteiger partial charge in [-0.3, -0.25) is 0 Å². The van der Waals surface area contributed by atoms with Gasteiger partial charge in [-0.25, -0.2) is 0 Å². The third kappa shape index (κ3) is 1.76. The molecule has 0 amide bonds. The SMILES string of the molecule is CCCCC(C)[N+]1(C)CC1C. The summed E-state index contributed by atoms with van der Waals surface area (Å²) < 4.78 is 1.33. The smallest absolute Gasteiger partial charge is 0.136 e. The van der Waals surface area contributed by atoms with Crippen molar-refractivity contribution in [2.45, 2.75) is 52.1 Å². The summed E-state index contributed by atoms with van der Waals surface area (Å²) in [5.41, 5.74) is 0. The van der Waals surface area contributed by atoms with Crippen molar-refractivity contribution >= 4 is 0 Å². The van der Waals surface area contributed by atoms with E-state index < -0.39 is 0 Å². The normalized spacial score (nSPS) is 38.7. The second-order valence-electron chi connectivity index (χ2n) is 4.37. The van der Waals surface area contributed by atoms with E-state index in [0.29, 0.717) is 0 Å². The second-order valence-corrected chi connectivity index (χ2v) is 4.37. The van der Waals surface area contributed by atoms with Crippen molar-refractivity contribution in [3.05, 3.63) is 0 Å². The van der Waals surface area contributed by atoms with E-state index in [1.165, 1.54) is 30.3 Å². The summed E-state index contributed by atoms with van der Waals surface area (Å²) in [5.74, 6) is 0. The van der Waals surface area contributed by atoms with Crippen LogP contribution in [0, 0.1) is 0 Å². The minimum atomic E-state index is 0.893. The molecule has 0 saturated carbocycles. The molecule has 0 aliphatic carbocycles. The van der Waals surface area contributed by atoms with Gasteiger partial charge >= 0.3 is 0 Å². The summed E-state index contributed by atoms with van der Waals surface area (Å²) in [6, 6.07) is 1.83. The Bertz CT molecular complexity index is 133. The molecule has 1 heteroatoms. The summed E-state index contributed by atoms with van der Waals surface area (Å²) in [6.45, 7) is 8.45. The van der Waals surface area contributed by atoms with Crippen molar-refractivity contribution in [1.82, 2.24) is 0 Å². The third-order valence-corrected chi connectivity index (χ3v) is 3.51. The second kappa shape index (κ2) is 3.14. The molecule has 0 radical (unpaired) electrons. The van der Waals surface area contributed by atoms with E-state index in [9.17, 15) is 0 Å². The topological polar surface area (TPSA) is 0 Å². The summed E-state index contributed by atoms with van der Waals surface area (Å²) in [5, 5.41) is 0. The third-order valence-electron chi connectivity index (χ3n) is 3.51.